The van der Waals surface area contributed by atoms with E-state index in [2.05, 4.69) is 4.98 Å². The molecule has 0 amide bonds. The van der Waals surface area contributed by atoms with Crippen LogP contribution in [0, 0.1) is 16.7 Å². The largest absolute Gasteiger partial charge is 0.313 e. The van der Waals surface area contributed by atoms with Crippen molar-refractivity contribution in [1.82, 2.24) is 4.98 Å². The number of thiazole rings is 1. The summed E-state index contributed by atoms with van der Waals surface area (Å²) in [6, 6.07) is 9.00. The molecule has 1 heterocycles. The van der Waals surface area contributed by atoms with Gasteiger partial charge < -0.3 is 4.98 Å². The molecule has 5 heteroatoms. The Morgan fingerprint density at radius 1 is 1.27 bits per heavy atom. The number of hydrogen-bond acceptors (Lipinski definition) is 4. The normalized spacial score (nSPS) is 13.2. The van der Waals surface area contributed by atoms with E-state index in [0.717, 1.165) is 5.56 Å². The summed E-state index contributed by atoms with van der Waals surface area (Å²) in [7, 11) is 0. The highest BCUT2D eigenvalue weighted by molar-refractivity contribution is 7.07. The zero-order valence-corrected chi connectivity index (χ0v) is 13.5. The predicted molar refractivity (Wildman–Crippen MR) is 87.8 cm³/mol. The number of aromatic amines is 1. The number of nitrogens with zero attached hydrogens (tertiary/aromatic N) is 1. The second kappa shape index (κ2) is 6.12. The van der Waals surface area contributed by atoms with Crippen molar-refractivity contribution in [2.45, 2.75) is 20.8 Å². The van der Waals surface area contributed by atoms with E-state index in [9.17, 15) is 9.59 Å². The van der Waals surface area contributed by atoms with Crippen LogP contribution in [0.3, 0.4) is 0 Å². The lowest BCUT2D eigenvalue weighted by atomic mass is 9.91. The number of carbonyl (C=O) groups excluding carboxylic acids is 1. The summed E-state index contributed by atoms with van der Waals surface area (Å²) in [6.45, 7) is 5.50. The first-order chi connectivity index (χ1) is 10.3. The van der Waals surface area contributed by atoms with Crippen molar-refractivity contribution in [2.75, 3.05) is 0 Å². The number of H-pyrrole nitrogens is 1. The van der Waals surface area contributed by atoms with Crippen LogP contribution in [0.4, 0.5) is 0 Å². The fraction of sp³-hybridized carbons (Fsp3) is 0.235. The maximum absolute atomic E-state index is 12.0. The number of nitriles is 1. The molecule has 4 nitrogen and oxygen atoms in total. The van der Waals surface area contributed by atoms with Crippen molar-refractivity contribution < 1.29 is 4.79 Å². The summed E-state index contributed by atoms with van der Waals surface area (Å²) in [5, 5.41) is 8.77. The highest BCUT2D eigenvalue weighted by Gasteiger charge is 2.18. The van der Waals surface area contributed by atoms with Crippen LogP contribution in [0.15, 0.2) is 29.1 Å². The predicted octanol–water partition coefficient (Wildman–Crippen LogP) is 1.53. The van der Waals surface area contributed by atoms with Gasteiger partial charge in [-0.3, -0.25) is 9.59 Å². The van der Waals surface area contributed by atoms with Crippen LogP contribution in [0.5, 0.6) is 0 Å². The lowest BCUT2D eigenvalue weighted by Gasteiger charge is -2.12. The Morgan fingerprint density at radius 3 is 2.45 bits per heavy atom. The Balaban J connectivity index is 2.44. The number of Topliss-reactive ketones (excluding diaryl/α,β-unsaturated/α-hetero) is 1. The van der Waals surface area contributed by atoms with E-state index in [4.69, 9.17) is 5.26 Å². The molecule has 1 aromatic carbocycles. The Labute approximate surface area is 132 Å². The summed E-state index contributed by atoms with van der Waals surface area (Å²) in [5.74, 6) is -0.0325. The topological polar surface area (TPSA) is 73.7 Å². The molecule has 0 bridgehead atoms. The summed E-state index contributed by atoms with van der Waals surface area (Å²) in [4.78, 5) is 26.6. The second-order valence-electron chi connectivity index (χ2n) is 5.92. The van der Waals surface area contributed by atoms with Gasteiger partial charge in [0.05, 0.1) is 20.8 Å². The number of rotatable bonds is 2. The van der Waals surface area contributed by atoms with Gasteiger partial charge >= 0.3 is 0 Å². The molecular weight excluding hydrogens is 296 g/mol. The van der Waals surface area contributed by atoms with Gasteiger partial charge in [0, 0.05) is 11.5 Å². The third kappa shape index (κ3) is 3.80. The number of aromatic nitrogens is 1. The highest BCUT2D eigenvalue weighted by atomic mass is 32.1. The molecule has 2 aromatic rings. The minimum atomic E-state index is -0.474. The second-order valence-corrected chi connectivity index (χ2v) is 7.01. The van der Waals surface area contributed by atoms with Gasteiger partial charge in [0.1, 0.15) is 0 Å². The zero-order valence-electron chi connectivity index (χ0n) is 12.6. The molecule has 0 unspecified atom stereocenters. The molecule has 0 atom stereocenters. The van der Waals surface area contributed by atoms with Crippen molar-refractivity contribution in [3.8, 4) is 6.07 Å². The average Bonchev–Trinajstić information content (AvgIpc) is 2.78. The summed E-state index contributed by atoms with van der Waals surface area (Å²) >= 11 is 1.24. The van der Waals surface area contributed by atoms with Crippen molar-refractivity contribution in [3.63, 3.8) is 0 Å². The molecule has 0 fully saturated rings. The minimum Gasteiger partial charge on any atom is -0.313 e. The number of hydrogen-bond donors (Lipinski definition) is 1. The summed E-state index contributed by atoms with van der Waals surface area (Å²) in [5.41, 5.74) is 0.710. The first-order valence-electron chi connectivity index (χ1n) is 6.77. The van der Waals surface area contributed by atoms with Gasteiger partial charge in [-0.25, -0.2) is 0 Å². The van der Waals surface area contributed by atoms with E-state index >= 15 is 0 Å². The van der Waals surface area contributed by atoms with Crippen LogP contribution >= 0.6 is 11.3 Å². The van der Waals surface area contributed by atoms with Crippen molar-refractivity contribution in [1.29, 1.82) is 5.26 Å². The molecule has 0 aliphatic heterocycles. The summed E-state index contributed by atoms with van der Waals surface area (Å²) in [6.07, 6.45) is 3.21. The molecule has 112 valence electrons. The number of nitrogens with one attached hydrogen (secondary N) is 1. The van der Waals surface area contributed by atoms with Crippen LogP contribution in [0.25, 0.3) is 12.2 Å². The molecule has 0 saturated heterocycles. The van der Waals surface area contributed by atoms with Gasteiger partial charge in [-0.15, -0.1) is 11.3 Å². The van der Waals surface area contributed by atoms with Crippen LogP contribution in [-0.2, 0) is 4.79 Å². The molecule has 0 saturated carbocycles. The number of ketones is 1. The lowest BCUT2D eigenvalue weighted by Crippen LogP contribution is -2.22. The fourth-order valence-corrected chi connectivity index (χ4v) is 2.55. The first kappa shape index (κ1) is 15.9. The molecule has 22 heavy (non-hydrogen) atoms. The van der Waals surface area contributed by atoms with Crippen LogP contribution in [0.1, 0.15) is 31.9 Å². The van der Waals surface area contributed by atoms with Crippen LogP contribution in [-0.4, -0.2) is 10.8 Å². The van der Waals surface area contributed by atoms with Gasteiger partial charge in [-0.1, -0.05) is 32.9 Å². The molecule has 1 N–H and O–H groups in total. The molecule has 2 rings (SSSR count). The van der Waals surface area contributed by atoms with Crippen molar-refractivity contribution >= 4 is 29.3 Å². The third-order valence-corrected chi connectivity index (χ3v) is 3.98. The standard InChI is InChI=1S/C17H16N2O2S/c1-17(2,3)14(20)9-15-19-16(21)13(22-15)8-11-4-6-12(10-18)7-5-11/h4-9H,1-3H3,(H,19,21)/b13-8?,15-9+. The molecule has 0 spiro atoms. The van der Waals surface area contributed by atoms with E-state index in [-0.39, 0.29) is 11.3 Å². The molecule has 0 aliphatic carbocycles. The Kier molecular flexibility index (Phi) is 4.43. The molecule has 0 aliphatic rings. The van der Waals surface area contributed by atoms with E-state index in [0.29, 0.717) is 14.8 Å². The monoisotopic (exact) mass is 312 g/mol. The third-order valence-electron chi connectivity index (χ3n) is 3.02. The quantitative estimate of drug-likeness (QED) is 0.914. The molecular formula is C17H16N2O2S. The van der Waals surface area contributed by atoms with E-state index in [1.165, 1.54) is 17.4 Å². The molecule has 1 aromatic heterocycles. The Hall–Kier alpha value is -2.45. The Morgan fingerprint density at radius 2 is 1.91 bits per heavy atom. The first-order valence-corrected chi connectivity index (χ1v) is 7.58. The summed E-state index contributed by atoms with van der Waals surface area (Å²) < 4.78 is 1.07. The smallest absolute Gasteiger partial charge is 0.266 e. The molecule has 0 radical (unpaired) electrons. The number of benzene rings is 1. The van der Waals surface area contributed by atoms with E-state index in [1.807, 2.05) is 26.8 Å². The maximum Gasteiger partial charge on any atom is 0.266 e. The van der Waals surface area contributed by atoms with Gasteiger partial charge in [0.2, 0.25) is 0 Å². The zero-order chi connectivity index (χ0) is 16.3. The van der Waals surface area contributed by atoms with E-state index < -0.39 is 5.41 Å². The number of carbonyl (C=O) groups is 1. The fourth-order valence-electron chi connectivity index (χ4n) is 1.67. The Bertz CT molecular complexity index is 904. The minimum absolute atomic E-state index is 0.0325. The van der Waals surface area contributed by atoms with Gasteiger partial charge in [-0.05, 0) is 23.8 Å². The van der Waals surface area contributed by atoms with E-state index in [1.54, 1.807) is 30.3 Å². The van der Waals surface area contributed by atoms with Crippen molar-refractivity contribution in [3.05, 3.63) is 54.9 Å². The van der Waals surface area contributed by atoms with Gasteiger partial charge in [0.15, 0.2) is 5.78 Å². The van der Waals surface area contributed by atoms with Crippen LogP contribution < -0.4 is 14.8 Å². The van der Waals surface area contributed by atoms with Crippen molar-refractivity contribution in [2.24, 2.45) is 5.41 Å². The van der Waals surface area contributed by atoms with Gasteiger partial charge in [-0.2, -0.15) is 5.26 Å². The highest BCUT2D eigenvalue weighted by Crippen LogP contribution is 2.14. The van der Waals surface area contributed by atoms with Crippen LogP contribution in [0.2, 0.25) is 0 Å². The lowest BCUT2D eigenvalue weighted by molar-refractivity contribution is -0.119. The SMILES string of the molecule is CC(C)(C)C(=O)/C=c1\[nH]c(=O)c(=Cc2ccc(C#N)cc2)s1. The maximum atomic E-state index is 12.0. The van der Waals surface area contributed by atoms with Gasteiger partial charge in [0.25, 0.3) is 5.56 Å². The average molecular weight is 312 g/mol.